The normalized spacial score (nSPS) is 7.55. The predicted octanol–water partition coefficient (Wildman–Crippen LogP) is 7.62. The van der Waals surface area contributed by atoms with E-state index in [9.17, 15) is 44.1 Å². The molecule has 0 unspecified atom stereocenters. The molecule has 6 amide bonds. The van der Waals surface area contributed by atoms with Gasteiger partial charge in [-0.1, -0.05) is 11.8 Å². The largest absolute Gasteiger partial charge is 0.508 e. The molecule has 15 heteroatoms. The Morgan fingerprint density at radius 3 is 1.02 bits per heavy atom. The lowest BCUT2D eigenvalue weighted by Gasteiger charge is -2.10. The van der Waals surface area contributed by atoms with Gasteiger partial charge >= 0.3 is 0 Å². The molecule has 0 aliphatic rings. The summed E-state index contributed by atoms with van der Waals surface area (Å²) in [5.41, 5.74) is 85.2. The molecule has 0 spiro atoms. The van der Waals surface area contributed by atoms with E-state index in [0.717, 1.165) is 6.07 Å². The molecular weight excluding hydrogens is 1070 g/mol. The first-order valence-corrected chi connectivity index (χ1v) is 23.7. The molecule has 0 heterocycles. The Kier molecular flexibility index (Phi) is 30.2. The summed E-state index contributed by atoms with van der Waals surface area (Å²) >= 11 is 0. The number of nitrogens with one attached hydrogen (secondary N) is 6. The minimum absolute atomic E-state index is 0.0268. The van der Waals surface area contributed by atoms with Crippen LogP contribution in [-0.2, 0) is 0 Å². The van der Waals surface area contributed by atoms with Crippen LogP contribution in [0.1, 0.15) is 69.1 Å². The summed E-state index contributed by atoms with van der Waals surface area (Å²) in [6, 6.07) is 20.9. The second-order valence-corrected chi connectivity index (χ2v) is 14.7. The number of amides is 6. The van der Waals surface area contributed by atoms with Gasteiger partial charge < -0.3 is 47.2 Å². The van der Waals surface area contributed by atoms with Gasteiger partial charge in [0.15, 0.2) is 5.82 Å². The fourth-order valence-electron chi connectivity index (χ4n) is 5.26. The molecule has 9 N–H and O–H groups in total. The first-order chi connectivity index (χ1) is 41.3. The van der Waals surface area contributed by atoms with Crippen LogP contribution in [0.5, 0.6) is 17.2 Å². The molecule has 4 aromatic rings. The van der Waals surface area contributed by atoms with E-state index in [-0.39, 0.29) is 58.2 Å². The van der Waals surface area contributed by atoms with Crippen LogP contribution in [0.15, 0.2) is 298 Å². The highest BCUT2D eigenvalue weighted by Gasteiger charge is 2.16. The molecule has 4 rings (SSSR count). The van der Waals surface area contributed by atoms with E-state index in [1.807, 2.05) is 6.92 Å². The Labute approximate surface area is 485 Å². The quantitative estimate of drug-likeness (QED) is 0.0530. The summed E-state index contributed by atoms with van der Waals surface area (Å²) in [5, 5.41) is 43.7. The summed E-state index contributed by atoms with van der Waals surface area (Å²) in [4.78, 5) is 73.5. The van der Waals surface area contributed by atoms with Gasteiger partial charge in [0.25, 0.3) is 35.4 Å². The summed E-state index contributed by atoms with van der Waals surface area (Å²) in [6.45, 7) is 5.55. The van der Waals surface area contributed by atoms with Gasteiger partial charge in [0, 0.05) is 139 Å². The van der Waals surface area contributed by atoms with Crippen LogP contribution in [0.4, 0.5) is 0 Å². The van der Waals surface area contributed by atoms with Crippen LogP contribution in [0.3, 0.4) is 0 Å². The van der Waals surface area contributed by atoms with Crippen molar-refractivity contribution in [2.75, 3.05) is 20.3 Å². The molecule has 0 fully saturated rings. The zero-order valence-electron chi connectivity index (χ0n) is 44.6. The van der Waals surface area contributed by atoms with E-state index in [4.69, 9.17) is 0 Å². The Morgan fingerprint density at radius 1 is 0.353 bits per heavy atom. The standard InChI is InChI=1S/C52H17N3O5.C18H19N3O4/c1-3-4-5-6-7-8-9-10-11-12-13-14-15-16-17-18-19-20-21-22-23-24-25-26-27-28-29-30-31-32-33-34-35-36-49(54-51(59)44-37-39-47(56)40-38-44)55-52(60)46-41-45(50(58)53-2)42-48(57)43-46;1-2-19-17(24)13-4-3-5-14(10-13)18(25)21-11-20-16(23)12-6-8-15(22)9-7-12/h37-43,56-57H,1H2,2H3,(H,53,58)(H,54,59)(H,55,60);3-10,22H,2,11H2,1H3,(H,19,24)(H,20,23)(H,21,25). The van der Waals surface area contributed by atoms with Crippen molar-refractivity contribution in [1.29, 1.82) is 0 Å². The molecule has 0 aliphatic heterocycles. The summed E-state index contributed by atoms with van der Waals surface area (Å²) in [6.07, 6.45) is 0. The average Bonchev–Trinajstić information content (AvgIpc) is 3.70. The van der Waals surface area contributed by atoms with Crippen molar-refractivity contribution in [3.63, 3.8) is 0 Å². The zero-order chi connectivity index (χ0) is 61.5. The zero-order valence-corrected chi connectivity index (χ0v) is 44.6. The van der Waals surface area contributed by atoms with Crippen molar-refractivity contribution in [3.8, 4) is 17.2 Å². The number of hydrogen-bond acceptors (Lipinski definition) is 9. The van der Waals surface area contributed by atoms with E-state index < -0.39 is 23.6 Å². The number of carbonyl (C=O) groups excluding carboxylic acids is 6. The Morgan fingerprint density at radius 2 is 0.659 bits per heavy atom. The second kappa shape index (κ2) is 39.7. The number of hydrogen-bond donors (Lipinski definition) is 9. The molecule has 0 radical (unpaired) electrons. The van der Waals surface area contributed by atoms with Gasteiger partial charge in [-0.2, -0.15) is 0 Å². The van der Waals surface area contributed by atoms with Gasteiger partial charge in [0.2, 0.25) is 0 Å². The number of phenolic OH excluding ortho intramolecular Hbond substituents is 3. The third-order valence-electron chi connectivity index (χ3n) is 8.84. The van der Waals surface area contributed by atoms with Gasteiger partial charge in [-0.05, 0) is 196 Å². The summed E-state index contributed by atoms with van der Waals surface area (Å²) in [5.74, 6) is -3.62. The molecule has 4 aromatic carbocycles. The average molecular weight is 1110 g/mol. The lowest BCUT2D eigenvalue weighted by molar-refractivity contribution is 0.0910. The SMILES string of the molecule is C=C=C=C=C=C=C=C=C=C=C=C=C=C=C=C=C=C=C=C=C=C=C=C=C=C=C=C=C=C=C=C=C=C=C=C(NC(=O)c1ccc(O)cc1)NC(=O)c1cc(O)cc(C(=O)NC)c1.CCNC(=O)c1cccc(C(=O)NCNC(=O)c2ccc(O)cc2)c1. The number of carbonyl (C=O) groups is 6. The number of rotatable bonds is 11. The first-order valence-electron chi connectivity index (χ1n) is 23.7. The highest BCUT2D eigenvalue weighted by molar-refractivity contribution is 6.02. The van der Waals surface area contributed by atoms with Gasteiger partial charge in [0.1, 0.15) is 17.2 Å². The van der Waals surface area contributed by atoms with Crippen molar-refractivity contribution in [2.45, 2.75) is 6.92 Å². The molecule has 400 valence electrons. The fraction of sp³-hybridized carbons (Fsp3) is 0.0571. The highest BCUT2D eigenvalue weighted by Crippen LogP contribution is 2.17. The molecule has 0 saturated carbocycles. The third-order valence-corrected chi connectivity index (χ3v) is 8.84. The van der Waals surface area contributed by atoms with Crippen molar-refractivity contribution >= 4 is 35.4 Å². The van der Waals surface area contributed by atoms with E-state index in [0.29, 0.717) is 23.2 Å². The minimum Gasteiger partial charge on any atom is -0.508 e. The maximum Gasteiger partial charge on any atom is 0.257 e. The summed E-state index contributed by atoms with van der Waals surface area (Å²) < 4.78 is 0. The van der Waals surface area contributed by atoms with Crippen LogP contribution in [0.2, 0.25) is 0 Å². The van der Waals surface area contributed by atoms with Gasteiger partial charge in [-0.3, -0.25) is 28.8 Å². The van der Waals surface area contributed by atoms with Gasteiger partial charge in [0.05, 0.1) is 6.67 Å². The van der Waals surface area contributed by atoms with Crippen LogP contribution >= 0.6 is 0 Å². The lowest BCUT2D eigenvalue weighted by atomic mass is 10.1. The Hall–Kier alpha value is -14.6. The maximum absolute atomic E-state index is 13.0. The second-order valence-electron chi connectivity index (χ2n) is 14.7. The van der Waals surface area contributed by atoms with Crippen molar-refractivity contribution in [3.05, 3.63) is 332 Å². The van der Waals surface area contributed by atoms with Crippen LogP contribution in [0, 0.1) is 0 Å². The molecular formula is C70H36N6O9. The van der Waals surface area contributed by atoms with Crippen LogP contribution < -0.4 is 31.9 Å². The van der Waals surface area contributed by atoms with Gasteiger partial charge in [-0.25, -0.2) is 0 Å². The van der Waals surface area contributed by atoms with Crippen molar-refractivity contribution in [2.24, 2.45) is 0 Å². The predicted molar refractivity (Wildman–Crippen MR) is 305 cm³/mol. The molecule has 0 bridgehead atoms. The maximum atomic E-state index is 13.0. The summed E-state index contributed by atoms with van der Waals surface area (Å²) in [7, 11) is 1.39. The van der Waals surface area contributed by atoms with Crippen LogP contribution in [0.25, 0.3) is 0 Å². The smallest absolute Gasteiger partial charge is 0.257 e. The Bertz CT molecular complexity index is 4800. The number of benzene rings is 4. The number of aromatic hydroxyl groups is 3. The molecule has 85 heavy (non-hydrogen) atoms. The van der Waals surface area contributed by atoms with Crippen molar-refractivity contribution in [1.82, 2.24) is 31.9 Å². The van der Waals surface area contributed by atoms with Crippen molar-refractivity contribution < 1.29 is 44.1 Å². The minimum atomic E-state index is -0.797. The topological polar surface area (TPSA) is 235 Å². The van der Waals surface area contributed by atoms with E-state index in [1.165, 1.54) is 73.8 Å². The third kappa shape index (κ3) is 28.4. The lowest BCUT2D eigenvalue weighted by Crippen LogP contribution is -2.37. The fourth-order valence-corrected chi connectivity index (χ4v) is 5.26. The molecule has 0 saturated heterocycles. The van der Waals surface area contributed by atoms with E-state index in [2.05, 4.69) is 233 Å². The molecule has 15 nitrogen and oxygen atoms in total. The number of phenols is 3. The van der Waals surface area contributed by atoms with E-state index >= 15 is 0 Å². The monoisotopic (exact) mass is 1100 g/mol. The highest BCUT2D eigenvalue weighted by atomic mass is 16.3. The van der Waals surface area contributed by atoms with Crippen LogP contribution in [-0.4, -0.2) is 71.0 Å². The first kappa shape index (κ1) is 64.6. The molecule has 0 aromatic heterocycles. The Balaban J connectivity index is 0.000000625. The van der Waals surface area contributed by atoms with Gasteiger partial charge in [-0.15, -0.1) is 0 Å². The van der Waals surface area contributed by atoms with E-state index in [1.54, 1.807) is 18.2 Å². The molecule has 0 aliphatic carbocycles. The molecule has 0 atom stereocenters.